The van der Waals surface area contributed by atoms with E-state index in [1.54, 1.807) is 18.2 Å². The van der Waals surface area contributed by atoms with Gasteiger partial charge in [-0.15, -0.1) is 0 Å². The molecule has 0 aliphatic carbocycles. The number of anilines is 1. The van der Waals surface area contributed by atoms with Crippen LogP contribution in [0.4, 0.5) is 5.69 Å². The van der Waals surface area contributed by atoms with Crippen LogP contribution in [0.2, 0.25) is 10.0 Å². The fourth-order valence-electron chi connectivity index (χ4n) is 2.24. The molecule has 0 saturated carbocycles. The van der Waals surface area contributed by atoms with Crippen molar-refractivity contribution < 1.29 is 22.7 Å². The normalized spacial score (nSPS) is 11.1. The number of esters is 1. The van der Waals surface area contributed by atoms with Crippen LogP contribution in [0.15, 0.2) is 41.3 Å². The lowest BCUT2D eigenvalue weighted by Gasteiger charge is -2.09. The van der Waals surface area contributed by atoms with Gasteiger partial charge in [0.15, 0.2) is 16.4 Å². The third-order valence-electron chi connectivity index (χ3n) is 3.98. The largest absolute Gasteiger partial charge is 0.456 e. The molecule has 0 aliphatic heterocycles. The number of carbonyl (C=O) groups excluding carboxylic acids is 2. The van der Waals surface area contributed by atoms with Crippen molar-refractivity contribution in [2.24, 2.45) is 0 Å². The summed E-state index contributed by atoms with van der Waals surface area (Å²) in [5, 5.41) is 3.13. The Kier molecular flexibility index (Phi) is 7.46. The number of nitrogens with one attached hydrogen (secondary N) is 1. The van der Waals surface area contributed by atoms with Gasteiger partial charge in [0.05, 0.1) is 27.8 Å². The molecule has 0 spiro atoms. The standard InChI is InChI=1S/C19H19Cl2NO5S/c1-12-3-5-15(9-13(12)2)28(25,26)8-7-19(24)27-11-18(23)22-17-10-14(20)4-6-16(17)21/h3-6,9-10H,7-8,11H2,1-2H3,(H,22,23). The minimum absolute atomic E-state index is 0.150. The van der Waals surface area contributed by atoms with Gasteiger partial charge in [0.25, 0.3) is 5.91 Å². The van der Waals surface area contributed by atoms with E-state index >= 15 is 0 Å². The van der Waals surface area contributed by atoms with E-state index < -0.39 is 34.1 Å². The summed E-state index contributed by atoms with van der Waals surface area (Å²) in [6.45, 7) is 3.13. The van der Waals surface area contributed by atoms with Crippen LogP contribution in [0.3, 0.4) is 0 Å². The Morgan fingerprint density at radius 3 is 2.43 bits per heavy atom. The molecule has 2 aromatic rings. The van der Waals surface area contributed by atoms with Gasteiger partial charge in [-0.2, -0.15) is 0 Å². The lowest BCUT2D eigenvalue weighted by atomic mass is 10.1. The van der Waals surface area contributed by atoms with E-state index in [1.807, 2.05) is 13.8 Å². The van der Waals surface area contributed by atoms with Gasteiger partial charge >= 0.3 is 5.97 Å². The minimum atomic E-state index is -3.63. The smallest absolute Gasteiger partial charge is 0.307 e. The first-order chi connectivity index (χ1) is 13.1. The molecule has 150 valence electrons. The number of sulfone groups is 1. The number of hydrogen-bond donors (Lipinski definition) is 1. The van der Waals surface area contributed by atoms with Gasteiger partial charge in [-0.3, -0.25) is 9.59 Å². The number of amides is 1. The highest BCUT2D eigenvalue weighted by Gasteiger charge is 2.18. The molecule has 28 heavy (non-hydrogen) atoms. The predicted octanol–water partition coefficient (Wildman–Crippen LogP) is 3.96. The molecule has 0 atom stereocenters. The highest BCUT2D eigenvalue weighted by molar-refractivity contribution is 7.91. The maximum absolute atomic E-state index is 12.3. The summed E-state index contributed by atoms with van der Waals surface area (Å²) in [4.78, 5) is 23.8. The molecule has 0 radical (unpaired) electrons. The van der Waals surface area contributed by atoms with Crippen LogP contribution >= 0.6 is 23.2 Å². The van der Waals surface area contributed by atoms with Crippen molar-refractivity contribution in [1.82, 2.24) is 0 Å². The number of ether oxygens (including phenoxy) is 1. The molecule has 2 aromatic carbocycles. The van der Waals surface area contributed by atoms with E-state index in [9.17, 15) is 18.0 Å². The molecular formula is C19H19Cl2NO5S. The molecular weight excluding hydrogens is 425 g/mol. The molecule has 0 heterocycles. The molecule has 1 N–H and O–H groups in total. The second-order valence-corrected chi connectivity index (χ2v) is 9.10. The number of hydrogen-bond acceptors (Lipinski definition) is 5. The molecule has 9 heteroatoms. The van der Waals surface area contributed by atoms with Crippen LogP contribution in [0, 0.1) is 13.8 Å². The number of halogens is 2. The lowest BCUT2D eigenvalue weighted by molar-refractivity contribution is -0.146. The third-order valence-corrected chi connectivity index (χ3v) is 6.26. The number of benzene rings is 2. The van der Waals surface area contributed by atoms with Crippen LogP contribution in [0.25, 0.3) is 0 Å². The van der Waals surface area contributed by atoms with Crippen molar-refractivity contribution in [2.45, 2.75) is 25.2 Å². The average molecular weight is 444 g/mol. The highest BCUT2D eigenvalue weighted by Crippen LogP contribution is 2.25. The first-order valence-corrected chi connectivity index (χ1v) is 10.7. The van der Waals surface area contributed by atoms with Crippen LogP contribution in [-0.4, -0.2) is 32.7 Å². The lowest BCUT2D eigenvalue weighted by Crippen LogP contribution is -2.22. The Morgan fingerprint density at radius 1 is 1.04 bits per heavy atom. The predicted molar refractivity (Wildman–Crippen MR) is 109 cm³/mol. The third kappa shape index (κ3) is 6.22. The van der Waals surface area contributed by atoms with Crippen molar-refractivity contribution in [2.75, 3.05) is 17.7 Å². The Hall–Kier alpha value is -2.09. The van der Waals surface area contributed by atoms with Crippen LogP contribution < -0.4 is 5.32 Å². The van der Waals surface area contributed by atoms with Crippen LogP contribution in [0.1, 0.15) is 17.5 Å². The molecule has 0 saturated heterocycles. The van der Waals surface area contributed by atoms with Crippen molar-refractivity contribution in [3.05, 3.63) is 57.6 Å². The van der Waals surface area contributed by atoms with E-state index in [4.69, 9.17) is 27.9 Å². The van der Waals surface area contributed by atoms with Gasteiger partial charge in [0, 0.05) is 5.02 Å². The fraction of sp³-hybridized carbons (Fsp3) is 0.263. The van der Waals surface area contributed by atoms with Gasteiger partial charge in [-0.25, -0.2) is 8.42 Å². The number of rotatable bonds is 7. The van der Waals surface area contributed by atoms with Gasteiger partial charge in [-0.05, 0) is 55.3 Å². The van der Waals surface area contributed by atoms with Crippen molar-refractivity contribution >= 4 is 50.6 Å². The van der Waals surface area contributed by atoms with E-state index in [0.29, 0.717) is 5.02 Å². The summed E-state index contributed by atoms with van der Waals surface area (Å²) in [7, 11) is -3.63. The molecule has 0 fully saturated rings. The topological polar surface area (TPSA) is 89.5 Å². The maximum atomic E-state index is 12.3. The summed E-state index contributed by atoms with van der Waals surface area (Å²) >= 11 is 11.8. The van der Waals surface area contributed by atoms with E-state index in [2.05, 4.69) is 5.32 Å². The Balaban J connectivity index is 1.85. The van der Waals surface area contributed by atoms with Gasteiger partial charge < -0.3 is 10.1 Å². The zero-order chi connectivity index (χ0) is 20.9. The first-order valence-electron chi connectivity index (χ1n) is 8.29. The first kappa shape index (κ1) is 22.2. The summed E-state index contributed by atoms with van der Waals surface area (Å²) in [6.07, 6.45) is -0.361. The van der Waals surface area contributed by atoms with E-state index in [1.165, 1.54) is 18.2 Å². The van der Waals surface area contributed by atoms with E-state index in [0.717, 1.165) is 11.1 Å². The Bertz CT molecular complexity index is 1010. The van der Waals surface area contributed by atoms with Crippen LogP contribution in [-0.2, 0) is 24.2 Å². The van der Waals surface area contributed by atoms with Crippen molar-refractivity contribution in [1.29, 1.82) is 0 Å². The van der Waals surface area contributed by atoms with Crippen molar-refractivity contribution in [3.63, 3.8) is 0 Å². The molecule has 6 nitrogen and oxygen atoms in total. The zero-order valence-corrected chi connectivity index (χ0v) is 17.6. The number of aryl methyl sites for hydroxylation is 2. The molecule has 2 rings (SSSR count). The molecule has 0 aromatic heterocycles. The molecule has 0 unspecified atom stereocenters. The quantitative estimate of drug-likeness (QED) is 0.654. The highest BCUT2D eigenvalue weighted by atomic mass is 35.5. The van der Waals surface area contributed by atoms with E-state index in [-0.39, 0.29) is 22.0 Å². The van der Waals surface area contributed by atoms with Gasteiger partial charge in [0.1, 0.15) is 0 Å². The summed E-state index contributed by atoms with van der Waals surface area (Å²) in [6, 6.07) is 9.33. The summed E-state index contributed by atoms with van der Waals surface area (Å²) < 4.78 is 29.5. The Morgan fingerprint density at radius 2 is 1.75 bits per heavy atom. The summed E-state index contributed by atoms with van der Waals surface area (Å²) in [5.41, 5.74) is 2.11. The second-order valence-electron chi connectivity index (χ2n) is 6.15. The second kappa shape index (κ2) is 9.41. The van der Waals surface area contributed by atoms with Crippen molar-refractivity contribution in [3.8, 4) is 0 Å². The molecule has 0 aliphatic rings. The zero-order valence-electron chi connectivity index (χ0n) is 15.3. The maximum Gasteiger partial charge on any atom is 0.307 e. The van der Waals surface area contributed by atoms with Gasteiger partial charge in [-0.1, -0.05) is 29.3 Å². The average Bonchev–Trinajstić information content (AvgIpc) is 2.63. The minimum Gasteiger partial charge on any atom is -0.456 e. The van der Waals surface area contributed by atoms with Gasteiger partial charge in [0.2, 0.25) is 0 Å². The van der Waals surface area contributed by atoms with Crippen LogP contribution in [0.5, 0.6) is 0 Å². The number of carbonyl (C=O) groups is 2. The fourth-order valence-corrected chi connectivity index (χ4v) is 3.88. The summed E-state index contributed by atoms with van der Waals surface area (Å²) in [5.74, 6) is -1.81. The Labute approximate surface area is 173 Å². The molecule has 1 amide bonds. The molecule has 0 bridgehead atoms. The monoisotopic (exact) mass is 443 g/mol. The SMILES string of the molecule is Cc1ccc(S(=O)(=O)CCC(=O)OCC(=O)Nc2cc(Cl)ccc2Cl)cc1C.